The number of hydrogen-bond acceptors (Lipinski definition) is 12. The molecule has 0 aliphatic carbocycles. The molecule has 0 amide bonds. The van der Waals surface area contributed by atoms with E-state index >= 15 is 0 Å². The van der Waals surface area contributed by atoms with Gasteiger partial charge < -0.3 is 23.8 Å². The highest BCUT2D eigenvalue weighted by molar-refractivity contribution is 8.07. The van der Waals surface area contributed by atoms with Crippen LogP contribution in [0.4, 0.5) is 29.5 Å². The summed E-state index contributed by atoms with van der Waals surface area (Å²) in [6.45, 7) is 1.81. The molecular formula is C31H27F3N2O8S2. The molecule has 4 rings (SSSR count). The molecule has 0 fully saturated rings. The van der Waals surface area contributed by atoms with Gasteiger partial charge in [-0.25, -0.2) is 19.2 Å². The van der Waals surface area contributed by atoms with Crippen molar-refractivity contribution in [1.29, 1.82) is 0 Å². The maximum absolute atomic E-state index is 13.5. The summed E-state index contributed by atoms with van der Waals surface area (Å²) in [7, 11) is 4.53. The fourth-order valence-corrected chi connectivity index (χ4v) is 6.87. The van der Waals surface area contributed by atoms with E-state index in [0.717, 1.165) is 75.3 Å². The summed E-state index contributed by atoms with van der Waals surface area (Å²) in [5.74, 6) is -3.45. The van der Waals surface area contributed by atoms with Gasteiger partial charge in [-0.3, -0.25) is 4.90 Å². The van der Waals surface area contributed by atoms with Crippen molar-refractivity contribution in [3.05, 3.63) is 97.9 Å². The molecule has 10 nitrogen and oxygen atoms in total. The number of carbonyl (C=O) groups excluding carboxylic acids is 4. The van der Waals surface area contributed by atoms with Crippen molar-refractivity contribution in [2.45, 2.75) is 19.6 Å². The second-order valence-electron chi connectivity index (χ2n) is 9.41. The molecule has 0 N–H and O–H groups in total. The lowest BCUT2D eigenvalue weighted by Crippen LogP contribution is -2.32. The number of carbonyl (C=O) groups is 4. The van der Waals surface area contributed by atoms with Crippen LogP contribution in [0.5, 0.6) is 0 Å². The number of esters is 4. The molecule has 0 atom stereocenters. The molecule has 0 unspecified atom stereocenters. The summed E-state index contributed by atoms with van der Waals surface area (Å²) >= 11 is 1.63. The Morgan fingerprint density at radius 3 is 2.04 bits per heavy atom. The number of alkyl halides is 3. The lowest BCUT2D eigenvalue weighted by molar-refractivity contribution is -0.137. The summed E-state index contributed by atoms with van der Waals surface area (Å²) in [6.07, 6.45) is -3.70. The van der Waals surface area contributed by atoms with Crippen molar-refractivity contribution >= 4 is 63.4 Å². The zero-order chi connectivity index (χ0) is 33.8. The highest BCUT2D eigenvalue weighted by atomic mass is 32.2. The lowest BCUT2D eigenvalue weighted by atomic mass is 10.1. The molecule has 0 saturated carbocycles. The Labute approximate surface area is 270 Å². The number of thiophene rings is 1. The number of benzene rings is 2. The van der Waals surface area contributed by atoms with Gasteiger partial charge >= 0.3 is 30.1 Å². The van der Waals surface area contributed by atoms with Crippen molar-refractivity contribution < 1.29 is 51.3 Å². The van der Waals surface area contributed by atoms with E-state index in [1.807, 2.05) is 30.3 Å². The molecule has 1 aliphatic heterocycles. The minimum Gasteiger partial charge on any atom is -0.466 e. The number of methoxy groups -OCH3 is 4. The van der Waals surface area contributed by atoms with Gasteiger partial charge in [0.2, 0.25) is 0 Å². The Kier molecular flexibility index (Phi) is 10.5. The molecule has 0 saturated heterocycles. The van der Waals surface area contributed by atoms with E-state index < -0.39 is 35.6 Å². The van der Waals surface area contributed by atoms with Crippen molar-refractivity contribution in [2.24, 2.45) is 0 Å². The first-order chi connectivity index (χ1) is 21.9. The van der Waals surface area contributed by atoms with Gasteiger partial charge in [-0.1, -0.05) is 42.1 Å². The lowest BCUT2D eigenvalue weighted by Gasteiger charge is -2.39. The van der Waals surface area contributed by atoms with Crippen LogP contribution in [0.2, 0.25) is 0 Å². The van der Waals surface area contributed by atoms with Gasteiger partial charge in [0.05, 0.1) is 39.7 Å². The predicted octanol–water partition coefficient (Wildman–Crippen LogP) is 6.65. The van der Waals surface area contributed by atoms with Crippen molar-refractivity contribution in [3.63, 3.8) is 0 Å². The summed E-state index contributed by atoms with van der Waals surface area (Å²) in [6, 6.07) is 13.3. The predicted molar refractivity (Wildman–Crippen MR) is 166 cm³/mol. The number of ether oxygens (including phenoxy) is 4. The molecule has 0 spiro atoms. The van der Waals surface area contributed by atoms with Crippen LogP contribution >= 0.6 is 23.1 Å². The zero-order valence-corrected chi connectivity index (χ0v) is 26.7. The Balaban J connectivity index is 2.09. The van der Waals surface area contributed by atoms with Crippen LogP contribution in [0, 0.1) is 0 Å². The average molecular weight is 677 g/mol. The largest absolute Gasteiger partial charge is 0.466 e. The highest BCUT2D eigenvalue weighted by Gasteiger charge is 2.41. The average Bonchev–Trinajstić information content (AvgIpc) is 3.45. The van der Waals surface area contributed by atoms with E-state index in [1.54, 1.807) is 11.8 Å². The summed E-state index contributed by atoms with van der Waals surface area (Å²) in [4.78, 5) is 54.3. The fourth-order valence-electron chi connectivity index (χ4n) is 4.50. The number of rotatable bonds is 9. The van der Waals surface area contributed by atoms with Gasteiger partial charge in [-0.05, 0) is 36.8 Å². The molecule has 1 aliphatic rings. The van der Waals surface area contributed by atoms with E-state index in [9.17, 15) is 32.3 Å². The summed E-state index contributed by atoms with van der Waals surface area (Å²) in [5.41, 5.74) is 0.571. The number of anilines is 3. The van der Waals surface area contributed by atoms with E-state index in [-0.39, 0.29) is 43.3 Å². The number of nitrogens with zero attached hydrogens (tertiary/aromatic N) is 2. The third kappa shape index (κ3) is 6.89. The van der Waals surface area contributed by atoms with Crippen LogP contribution in [0.3, 0.4) is 0 Å². The smallest absolute Gasteiger partial charge is 0.416 e. The monoisotopic (exact) mass is 676 g/mol. The van der Waals surface area contributed by atoms with E-state index in [0.29, 0.717) is 5.70 Å². The third-order valence-corrected chi connectivity index (χ3v) is 9.02. The second kappa shape index (κ2) is 14.1. The zero-order valence-electron chi connectivity index (χ0n) is 25.1. The van der Waals surface area contributed by atoms with Gasteiger partial charge in [0.25, 0.3) is 0 Å². The molecule has 2 aromatic carbocycles. The molecule has 15 heteroatoms. The van der Waals surface area contributed by atoms with Gasteiger partial charge in [0.15, 0.2) is 0 Å². The maximum atomic E-state index is 13.5. The summed E-state index contributed by atoms with van der Waals surface area (Å²) in [5, 5.41) is 0.477. The quantitative estimate of drug-likeness (QED) is 0.138. The first kappa shape index (κ1) is 34.1. The van der Waals surface area contributed by atoms with Gasteiger partial charge in [-0.15, -0.1) is 11.3 Å². The highest BCUT2D eigenvalue weighted by Crippen LogP contribution is 2.55. The SMILES string of the molecule is COC(=O)/C=C(/SC1=C(C)N(Cc2ccccc2)c2c(sc(C(=O)OC)c2C(=O)OC)N1c1ccc(C(F)(F)F)cc1)C(=O)OC. The first-order valence-electron chi connectivity index (χ1n) is 13.2. The molecule has 46 heavy (non-hydrogen) atoms. The van der Waals surface area contributed by atoms with Crippen LogP contribution in [-0.2, 0) is 41.3 Å². The van der Waals surface area contributed by atoms with Crippen LogP contribution in [0.25, 0.3) is 0 Å². The number of fused-ring (bicyclic) bond motifs is 1. The topological polar surface area (TPSA) is 112 Å². The number of hydrogen-bond donors (Lipinski definition) is 0. The standard InChI is InChI=1S/C31H27F3N2O8S2/c1-17-26(45-21(28(38)42-3)15-22(37)41-2)36(20-13-11-19(12-14-20)31(32,33)34)27-24(35(17)16-18-9-7-6-8-10-18)23(29(39)43-4)25(46-27)30(40)44-5/h6-15H,16H2,1-5H3/b21-15+. The number of thioether (sulfide) groups is 1. The van der Waals surface area contributed by atoms with E-state index in [1.165, 1.54) is 17.0 Å². The van der Waals surface area contributed by atoms with Gasteiger partial charge in [0, 0.05) is 24.0 Å². The van der Waals surface area contributed by atoms with Crippen molar-refractivity contribution in [2.75, 3.05) is 38.2 Å². The minimum atomic E-state index is -4.62. The maximum Gasteiger partial charge on any atom is 0.416 e. The van der Waals surface area contributed by atoms with Crippen LogP contribution in [0.1, 0.15) is 38.1 Å². The van der Waals surface area contributed by atoms with Crippen molar-refractivity contribution in [1.82, 2.24) is 0 Å². The van der Waals surface area contributed by atoms with Crippen LogP contribution < -0.4 is 9.80 Å². The Hall–Kier alpha value is -4.76. The van der Waals surface area contributed by atoms with Gasteiger partial charge in [-0.2, -0.15) is 13.2 Å². The number of halogens is 3. The molecular weight excluding hydrogens is 649 g/mol. The number of allylic oxidation sites excluding steroid dienone is 1. The second-order valence-corrected chi connectivity index (χ2v) is 11.4. The van der Waals surface area contributed by atoms with Crippen LogP contribution in [-0.4, -0.2) is 52.3 Å². The molecule has 3 aromatic rings. The Morgan fingerprint density at radius 1 is 0.870 bits per heavy atom. The van der Waals surface area contributed by atoms with E-state index in [2.05, 4.69) is 0 Å². The van der Waals surface area contributed by atoms with Gasteiger partial charge in [0.1, 0.15) is 25.4 Å². The molecule has 242 valence electrons. The normalized spacial score (nSPS) is 13.3. The van der Waals surface area contributed by atoms with Crippen molar-refractivity contribution in [3.8, 4) is 0 Å². The molecule has 2 heterocycles. The molecule has 1 aromatic heterocycles. The Bertz CT molecular complexity index is 1720. The molecule has 0 radical (unpaired) electrons. The molecule has 0 bridgehead atoms. The summed E-state index contributed by atoms with van der Waals surface area (Å²) < 4.78 is 60.2. The minimum absolute atomic E-state index is 0.119. The van der Waals surface area contributed by atoms with Crippen LogP contribution in [0.15, 0.2) is 76.3 Å². The third-order valence-electron chi connectivity index (χ3n) is 6.70. The van der Waals surface area contributed by atoms with E-state index in [4.69, 9.17) is 18.9 Å². The fraction of sp³-hybridized carbons (Fsp3) is 0.226. The Morgan fingerprint density at radius 2 is 1.50 bits per heavy atom. The first-order valence-corrected chi connectivity index (χ1v) is 14.9.